The molecule has 0 saturated heterocycles. The average Bonchev–Trinajstić information content (AvgIpc) is 2.82. The molecule has 0 aromatic heterocycles. The van der Waals surface area contributed by atoms with E-state index in [1.807, 2.05) is 0 Å². The third-order valence-electron chi connectivity index (χ3n) is 3.23. The lowest BCUT2D eigenvalue weighted by atomic mass is 10.1. The second-order valence-corrected chi connectivity index (χ2v) is 5.76. The van der Waals surface area contributed by atoms with Crippen molar-refractivity contribution in [1.82, 2.24) is 0 Å². The molecule has 7 heteroatoms. The van der Waals surface area contributed by atoms with Gasteiger partial charge in [-0.1, -0.05) is 6.08 Å². The van der Waals surface area contributed by atoms with Crippen LogP contribution in [0.4, 0.5) is 5.69 Å². The molecule has 1 aliphatic rings. The fourth-order valence-electron chi connectivity index (χ4n) is 2.12. The molecule has 122 valence electrons. The lowest BCUT2D eigenvalue weighted by molar-refractivity contribution is -0.139. The van der Waals surface area contributed by atoms with Crippen LogP contribution < -0.4 is 4.90 Å². The standard InChI is InChI=1S/C17H13IN2O4/c1-23-16(21)12-5-3-4-8-20(15(12)17(22)24-2)14-7-6-11(10-19)9-13(14)18/h3-9H,1-2H3. The van der Waals surface area contributed by atoms with Gasteiger partial charge in [0.05, 0.1) is 37.1 Å². The Bertz CT molecular complexity index is 818. The van der Waals surface area contributed by atoms with Gasteiger partial charge in [0.15, 0.2) is 0 Å². The molecule has 0 unspecified atom stereocenters. The number of nitrogens with zero attached hydrogens (tertiary/aromatic N) is 2. The molecule has 0 N–H and O–H groups in total. The lowest BCUT2D eigenvalue weighted by Crippen LogP contribution is -2.27. The van der Waals surface area contributed by atoms with Gasteiger partial charge in [0, 0.05) is 9.77 Å². The largest absolute Gasteiger partial charge is 0.465 e. The highest BCUT2D eigenvalue weighted by Crippen LogP contribution is 2.30. The second kappa shape index (κ2) is 7.79. The molecule has 0 amide bonds. The van der Waals surface area contributed by atoms with Crippen molar-refractivity contribution in [3.8, 4) is 6.07 Å². The summed E-state index contributed by atoms with van der Waals surface area (Å²) < 4.78 is 10.3. The number of benzene rings is 1. The number of rotatable bonds is 3. The number of carbonyl (C=O) groups excluding carboxylic acids is 2. The van der Waals surface area contributed by atoms with Crippen LogP contribution >= 0.6 is 22.6 Å². The van der Waals surface area contributed by atoms with Crippen molar-refractivity contribution >= 4 is 40.2 Å². The molecule has 1 aromatic carbocycles. The van der Waals surface area contributed by atoms with E-state index < -0.39 is 11.9 Å². The fourth-order valence-corrected chi connectivity index (χ4v) is 2.90. The Kier molecular flexibility index (Phi) is 5.76. The zero-order valence-electron chi connectivity index (χ0n) is 12.9. The molecule has 24 heavy (non-hydrogen) atoms. The molecule has 1 aromatic rings. The Balaban J connectivity index is 2.68. The number of carbonyl (C=O) groups is 2. The summed E-state index contributed by atoms with van der Waals surface area (Å²) in [5.74, 6) is -1.32. The van der Waals surface area contributed by atoms with E-state index in [4.69, 9.17) is 14.7 Å². The van der Waals surface area contributed by atoms with Crippen LogP contribution in [-0.4, -0.2) is 26.2 Å². The molecular weight excluding hydrogens is 423 g/mol. The maximum Gasteiger partial charge on any atom is 0.355 e. The predicted molar refractivity (Wildman–Crippen MR) is 95.7 cm³/mol. The van der Waals surface area contributed by atoms with Gasteiger partial charge in [0.1, 0.15) is 5.70 Å². The van der Waals surface area contributed by atoms with E-state index in [-0.39, 0.29) is 11.3 Å². The highest BCUT2D eigenvalue weighted by molar-refractivity contribution is 14.1. The number of allylic oxidation sites excluding steroid dienone is 2. The van der Waals surface area contributed by atoms with E-state index in [0.29, 0.717) is 11.3 Å². The number of hydrogen-bond acceptors (Lipinski definition) is 6. The van der Waals surface area contributed by atoms with Gasteiger partial charge in [0.25, 0.3) is 0 Å². The molecule has 0 fully saturated rings. The second-order valence-electron chi connectivity index (χ2n) is 4.59. The first-order valence-electron chi connectivity index (χ1n) is 6.78. The van der Waals surface area contributed by atoms with Crippen molar-refractivity contribution in [2.24, 2.45) is 0 Å². The summed E-state index contributed by atoms with van der Waals surface area (Å²) in [5.41, 5.74) is 1.25. The molecular formula is C17H13IN2O4. The number of anilines is 1. The number of nitriles is 1. The van der Waals surface area contributed by atoms with Gasteiger partial charge in [0.2, 0.25) is 0 Å². The topological polar surface area (TPSA) is 79.6 Å². The predicted octanol–water partition coefficient (Wildman–Crippen LogP) is 2.65. The Labute approximate surface area is 152 Å². The van der Waals surface area contributed by atoms with E-state index in [1.165, 1.54) is 20.3 Å². The summed E-state index contributed by atoms with van der Waals surface area (Å²) in [7, 11) is 2.48. The van der Waals surface area contributed by atoms with Crippen LogP contribution in [0.25, 0.3) is 0 Å². The molecule has 0 spiro atoms. The van der Waals surface area contributed by atoms with Crippen LogP contribution in [0.3, 0.4) is 0 Å². The molecule has 0 atom stereocenters. The van der Waals surface area contributed by atoms with E-state index in [0.717, 1.165) is 3.57 Å². The number of halogens is 1. The Morgan fingerprint density at radius 3 is 2.46 bits per heavy atom. The van der Waals surface area contributed by atoms with Crippen molar-refractivity contribution in [3.05, 3.63) is 63.0 Å². The number of methoxy groups -OCH3 is 2. The van der Waals surface area contributed by atoms with Crippen LogP contribution in [0, 0.1) is 14.9 Å². The van der Waals surface area contributed by atoms with Gasteiger partial charge in [-0.3, -0.25) is 0 Å². The summed E-state index contributed by atoms with van der Waals surface area (Å²) in [4.78, 5) is 25.9. The van der Waals surface area contributed by atoms with Crippen molar-refractivity contribution < 1.29 is 19.1 Å². The SMILES string of the molecule is COC(=O)C1=C(C(=O)OC)N(c2ccc(C#N)cc2I)C=CC=C1. The van der Waals surface area contributed by atoms with Crippen molar-refractivity contribution in [1.29, 1.82) is 5.26 Å². The zero-order valence-corrected chi connectivity index (χ0v) is 15.1. The Hall–Kier alpha value is -2.60. The quantitative estimate of drug-likeness (QED) is 0.536. The van der Waals surface area contributed by atoms with Gasteiger partial charge >= 0.3 is 11.9 Å². The minimum atomic E-state index is -0.674. The number of ether oxygens (including phenoxy) is 2. The van der Waals surface area contributed by atoms with Crippen LogP contribution in [0.2, 0.25) is 0 Å². The number of esters is 2. The van der Waals surface area contributed by atoms with Gasteiger partial charge < -0.3 is 14.4 Å². The normalized spacial score (nSPS) is 13.3. The summed E-state index contributed by atoms with van der Waals surface area (Å²) in [6.07, 6.45) is 6.45. The summed E-state index contributed by atoms with van der Waals surface area (Å²) >= 11 is 2.07. The fraction of sp³-hybridized carbons (Fsp3) is 0.118. The summed E-state index contributed by atoms with van der Waals surface area (Å²) in [5, 5.41) is 9.00. The van der Waals surface area contributed by atoms with Gasteiger partial charge in [-0.25, -0.2) is 9.59 Å². The smallest absolute Gasteiger partial charge is 0.355 e. The maximum atomic E-state index is 12.3. The molecule has 0 aliphatic carbocycles. The highest BCUT2D eigenvalue weighted by Gasteiger charge is 2.28. The monoisotopic (exact) mass is 436 g/mol. The molecule has 2 rings (SSSR count). The molecule has 6 nitrogen and oxygen atoms in total. The Morgan fingerprint density at radius 2 is 1.88 bits per heavy atom. The van der Waals surface area contributed by atoms with Crippen LogP contribution in [-0.2, 0) is 19.1 Å². The van der Waals surface area contributed by atoms with E-state index in [1.54, 1.807) is 41.5 Å². The molecule has 1 aliphatic heterocycles. The molecule has 0 saturated carbocycles. The minimum absolute atomic E-state index is 0.0389. The average molecular weight is 436 g/mol. The molecule has 0 bridgehead atoms. The van der Waals surface area contributed by atoms with Gasteiger partial charge in [-0.05, 0) is 52.9 Å². The first-order valence-corrected chi connectivity index (χ1v) is 7.86. The van der Waals surface area contributed by atoms with Crippen LogP contribution in [0.5, 0.6) is 0 Å². The maximum absolute atomic E-state index is 12.3. The van der Waals surface area contributed by atoms with Crippen LogP contribution in [0.1, 0.15) is 5.56 Å². The first kappa shape index (κ1) is 17.7. The third-order valence-corrected chi connectivity index (χ3v) is 4.09. The lowest BCUT2D eigenvalue weighted by Gasteiger charge is -2.24. The minimum Gasteiger partial charge on any atom is -0.465 e. The van der Waals surface area contributed by atoms with Crippen molar-refractivity contribution in [2.45, 2.75) is 0 Å². The number of hydrogen-bond donors (Lipinski definition) is 0. The molecule has 0 radical (unpaired) electrons. The van der Waals surface area contributed by atoms with Gasteiger partial charge in [-0.2, -0.15) is 5.26 Å². The van der Waals surface area contributed by atoms with Crippen molar-refractivity contribution in [3.63, 3.8) is 0 Å². The van der Waals surface area contributed by atoms with Gasteiger partial charge in [-0.15, -0.1) is 0 Å². The van der Waals surface area contributed by atoms with Crippen molar-refractivity contribution in [2.75, 3.05) is 19.1 Å². The first-order chi connectivity index (χ1) is 11.5. The molecule has 1 heterocycles. The summed E-state index contributed by atoms with van der Waals surface area (Å²) in [6.45, 7) is 0. The summed E-state index contributed by atoms with van der Waals surface area (Å²) in [6, 6.07) is 7.09. The van der Waals surface area contributed by atoms with E-state index >= 15 is 0 Å². The van der Waals surface area contributed by atoms with E-state index in [2.05, 4.69) is 28.7 Å². The third kappa shape index (κ3) is 3.49. The zero-order chi connectivity index (χ0) is 17.7. The van der Waals surface area contributed by atoms with E-state index in [9.17, 15) is 9.59 Å². The Morgan fingerprint density at radius 1 is 1.17 bits per heavy atom. The van der Waals surface area contributed by atoms with Crippen LogP contribution in [0.15, 0.2) is 53.9 Å². The highest BCUT2D eigenvalue weighted by atomic mass is 127.